The molecule has 1 unspecified atom stereocenters. The Morgan fingerprint density at radius 3 is 2.70 bits per heavy atom. The lowest BCUT2D eigenvalue weighted by molar-refractivity contribution is -0.560. The van der Waals surface area contributed by atoms with Gasteiger partial charge < -0.3 is 0 Å². The first-order valence-corrected chi connectivity index (χ1v) is 9.87. The minimum absolute atomic E-state index is 0.450. The Balaban J connectivity index is 1.75. The number of hydrogen-bond acceptors (Lipinski definition) is 2. The highest BCUT2D eigenvalue weighted by Crippen LogP contribution is 2.36. The molecule has 2 aromatic carbocycles. The largest absolute Gasteiger partial charge is 0.314 e. The van der Waals surface area contributed by atoms with Crippen molar-refractivity contribution < 1.29 is 4.58 Å². The number of rotatable bonds is 2. The summed E-state index contributed by atoms with van der Waals surface area (Å²) in [6, 6.07) is 18.0. The normalized spacial score (nSPS) is 20.8. The molecule has 0 amide bonds. The lowest BCUT2D eigenvalue weighted by Crippen LogP contribution is -2.30. The smallest absolute Gasteiger partial charge is 0.245 e. The zero-order valence-corrected chi connectivity index (χ0v) is 15.6. The number of amidine groups is 1. The molecule has 2 aliphatic heterocycles. The topological polar surface area (TPSA) is 6.25 Å². The molecule has 2 aromatic rings. The Kier molecular flexibility index (Phi) is 4.20. The Morgan fingerprint density at radius 1 is 1.13 bits per heavy atom. The van der Waals surface area contributed by atoms with Crippen LogP contribution >= 0.6 is 27.7 Å². The summed E-state index contributed by atoms with van der Waals surface area (Å²) in [6.45, 7) is 4.40. The SMILES string of the molecule is Cc1ccccc1N1CC(c2ccc(Br)cc2)[N+]2=C1SCCC2. The first-order chi connectivity index (χ1) is 11.2. The minimum Gasteiger partial charge on any atom is -0.245 e. The maximum atomic E-state index is 3.55. The molecule has 23 heavy (non-hydrogen) atoms. The molecule has 2 aliphatic rings. The number of anilines is 1. The molecule has 4 heteroatoms. The monoisotopic (exact) mass is 387 g/mol. The fraction of sp³-hybridized carbons (Fsp3) is 0.316. The maximum absolute atomic E-state index is 3.55. The predicted octanol–water partition coefficient (Wildman–Crippen LogP) is 4.82. The Bertz CT molecular complexity index is 754. The fourth-order valence-corrected chi connectivity index (χ4v) is 4.92. The summed E-state index contributed by atoms with van der Waals surface area (Å²) in [7, 11) is 0. The van der Waals surface area contributed by atoms with E-state index in [0.29, 0.717) is 6.04 Å². The van der Waals surface area contributed by atoms with Crippen molar-refractivity contribution in [2.75, 3.05) is 23.7 Å². The van der Waals surface area contributed by atoms with E-state index in [1.807, 2.05) is 11.8 Å². The van der Waals surface area contributed by atoms with Crippen molar-refractivity contribution in [1.29, 1.82) is 0 Å². The van der Waals surface area contributed by atoms with Crippen LogP contribution in [0, 0.1) is 6.92 Å². The van der Waals surface area contributed by atoms with Crippen molar-refractivity contribution in [3.8, 4) is 0 Å². The van der Waals surface area contributed by atoms with Crippen LogP contribution in [-0.2, 0) is 0 Å². The lowest BCUT2D eigenvalue weighted by Gasteiger charge is -2.17. The van der Waals surface area contributed by atoms with Crippen LogP contribution in [0.4, 0.5) is 5.69 Å². The van der Waals surface area contributed by atoms with Gasteiger partial charge in [0.25, 0.3) is 0 Å². The molecule has 4 rings (SSSR count). The molecule has 0 fully saturated rings. The van der Waals surface area contributed by atoms with E-state index in [2.05, 4.69) is 80.9 Å². The molecule has 0 radical (unpaired) electrons. The van der Waals surface area contributed by atoms with E-state index in [4.69, 9.17) is 0 Å². The van der Waals surface area contributed by atoms with Crippen molar-refractivity contribution in [2.24, 2.45) is 0 Å². The molecule has 2 heterocycles. The first kappa shape index (κ1) is 15.3. The fourth-order valence-electron chi connectivity index (χ4n) is 3.49. The molecule has 2 nitrogen and oxygen atoms in total. The molecule has 0 aliphatic carbocycles. The third-order valence-corrected chi connectivity index (χ3v) is 6.38. The zero-order chi connectivity index (χ0) is 15.8. The molecule has 0 N–H and O–H groups in total. The van der Waals surface area contributed by atoms with Gasteiger partial charge in [-0.25, -0.2) is 9.48 Å². The van der Waals surface area contributed by atoms with Crippen molar-refractivity contribution in [3.63, 3.8) is 0 Å². The second-order valence-corrected chi connectivity index (χ2v) is 8.12. The van der Waals surface area contributed by atoms with Crippen LogP contribution in [0.15, 0.2) is 53.0 Å². The van der Waals surface area contributed by atoms with Gasteiger partial charge in [0.1, 0.15) is 12.2 Å². The van der Waals surface area contributed by atoms with Gasteiger partial charge in [-0.1, -0.05) is 46.3 Å². The van der Waals surface area contributed by atoms with E-state index in [1.165, 1.54) is 34.2 Å². The second kappa shape index (κ2) is 6.33. The first-order valence-electron chi connectivity index (χ1n) is 8.09. The molecular formula is C19H20BrN2S+. The molecule has 0 saturated carbocycles. The van der Waals surface area contributed by atoms with Crippen LogP contribution in [0.25, 0.3) is 0 Å². The van der Waals surface area contributed by atoms with Gasteiger partial charge in [0.15, 0.2) is 6.04 Å². The number of aryl methyl sites for hydroxylation is 1. The highest BCUT2D eigenvalue weighted by atomic mass is 79.9. The predicted molar refractivity (Wildman–Crippen MR) is 103 cm³/mol. The summed E-state index contributed by atoms with van der Waals surface area (Å²) in [5.41, 5.74) is 4.10. The van der Waals surface area contributed by atoms with Gasteiger partial charge in [0, 0.05) is 15.8 Å². The molecule has 1 atom stereocenters. The number of halogens is 1. The minimum atomic E-state index is 0.450. The summed E-state index contributed by atoms with van der Waals surface area (Å²) in [4.78, 5) is 2.52. The van der Waals surface area contributed by atoms with E-state index in [1.54, 1.807) is 0 Å². The average Bonchev–Trinajstić information content (AvgIpc) is 2.96. The third kappa shape index (κ3) is 2.83. The molecule has 118 valence electrons. The summed E-state index contributed by atoms with van der Waals surface area (Å²) in [5.74, 6) is 1.22. The average molecular weight is 388 g/mol. The van der Waals surface area contributed by atoms with Gasteiger partial charge in [-0.05, 0) is 48.9 Å². The van der Waals surface area contributed by atoms with Gasteiger partial charge in [0.2, 0.25) is 0 Å². The highest BCUT2D eigenvalue weighted by molar-refractivity contribution is 9.10. The molecule has 0 bridgehead atoms. The number of benzene rings is 2. The Labute approximate surface area is 150 Å². The van der Waals surface area contributed by atoms with E-state index in [9.17, 15) is 0 Å². The van der Waals surface area contributed by atoms with Crippen LogP contribution in [0.3, 0.4) is 0 Å². The molecular weight excluding hydrogens is 368 g/mol. The summed E-state index contributed by atoms with van der Waals surface area (Å²) >= 11 is 5.55. The van der Waals surface area contributed by atoms with Crippen molar-refractivity contribution in [3.05, 3.63) is 64.1 Å². The lowest BCUT2D eigenvalue weighted by atomic mass is 10.1. The van der Waals surface area contributed by atoms with Gasteiger partial charge in [0.05, 0.1) is 6.54 Å². The maximum Gasteiger partial charge on any atom is 0.314 e. The van der Waals surface area contributed by atoms with E-state index < -0.39 is 0 Å². The van der Waals surface area contributed by atoms with Gasteiger partial charge in [-0.15, -0.1) is 0 Å². The molecule has 0 aromatic heterocycles. The zero-order valence-electron chi connectivity index (χ0n) is 13.2. The molecule has 0 spiro atoms. The van der Waals surface area contributed by atoms with Crippen molar-refractivity contribution in [1.82, 2.24) is 0 Å². The standard InChI is InChI=1S/C19H20BrN2S/c1-14-5-2-3-6-17(14)22-13-18(15-7-9-16(20)10-8-15)21-11-4-12-23-19(21)22/h2-3,5-10,18H,4,11-13H2,1H3/q+1. The van der Waals surface area contributed by atoms with Crippen molar-refractivity contribution in [2.45, 2.75) is 19.4 Å². The number of nitrogens with zero attached hydrogens (tertiary/aromatic N) is 2. The number of para-hydroxylation sites is 1. The van der Waals surface area contributed by atoms with Crippen molar-refractivity contribution >= 4 is 38.5 Å². The van der Waals surface area contributed by atoms with E-state index in [-0.39, 0.29) is 0 Å². The summed E-state index contributed by atoms with van der Waals surface area (Å²) < 4.78 is 3.75. The Hall–Kier alpha value is -1.26. The van der Waals surface area contributed by atoms with Gasteiger partial charge in [-0.3, -0.25) is 0 Å². The number of thioether (sulfide) groups is 1. The van der Waals surface area contributed by atoms with Crippen LogP contribution in [-0.4, -0.2) is 28.6 Å². The third-order valence-electron chi connectivity index (χ3n) is 4.64. The number of hydrogen-bond donors (Lipinski definition) is 0. The van der Waals surface area contributed by atoms with E-state index >= 15 is 0 Å². The summed E-state index contributed by atoms with van der Waals surface area (Å²) in [6.07, 6.45) is 1.27. The van der Waals surface area contributed by atoms with Crippen LogP contribution < -0.4 is 4.90 Å². The quantitative estimate of drug-likeness (QED) is 0.681. The van der Waals surface area contributed by atoms with Crippen LogP contribution in [0.2, 0.25) is 0 Å². The van der Waals surface area contributed by atoms with Gasteiger partial charge in [-0.2, -0.15) is 0 Å². The van der Waals surface area contributed by atoms with Crippen LogP contribution in [0.5, 0.6) is 0 Å². The highest BCUT2D eigenvalue weighted by Gasteiger charge is 2.42. The Morgan fingerprint density at radius 2 is 1.91 bits per heavy atom. The summed E-state index contributed by atoms with van der Waals surface area (Å²) in [5, 5.41) is 1.43. The van der Waals surface area contributed by atoms with Gasteiger partial charge >= 0.3 is 5.17 Å². The second-order valence-electron chi connectivity index (χ2n) is 6.14. The van der Waals surface area contributed by atoms with E-state index in [0.717, 1.165) is 17.6 Å². The molecule has 0 saturated heterocycles. The van der Waals surface area contributed by atoms with Crippen LogP contribution in [0.1, 0.15) is 23.6 Å².